The first-order chi connectivity index (χ1) is 9.97. The second-order valence-electron chi connectivity index (χ2n) is 4.77. The third-order valence-corrected chi connectivity index (χ3v) is 3.52. The Kier molecular flexibility index (Phi) is 4.76. The Morgan fingerprint density at radius 1 is 1.14 bits per heavy atom. The molecule has 0 saturated carbocycles. The van der Waals surface area contributed by atoms with Crippen molar-refractivity contribution in [2.75, 3.05) is 5.32 Å². The molecule has 0 aliphatic carbocycles. The van der Waals surface area contributed by atoms with Gasteiger partial charge in [0.1, 0.15) is 5.82 Å². The number of hydrogen-bond donors (Lipinski definition) is 1. The zero-order chi connectivity index (χ0) is 15.4. The smallest absolute Gasteiger partial charge is 0.187 e. The molecule has 0 heterocycles. The standard InChI is InChI=1S/C17H15ClFNO/c1-11-3-4-13(9-12(11)2)17(21)7-8-20-16-10-14(19)5-6-15(16)18/h3-10,20H,1-2H3/b8-7+. The molecule has 2 nitrogen and oxygen atoms in total. The van der Waals surface area contributed by atoms with E-state index in [0.29, 0.717) is 16.3 Å². The van der Waals surface area contributed by atoms with Crippen LogP contribution in [0.25, 0.3) is 0 Å². The fraction of sp³-hybridized carbons (Fsp3) is 0.118. The largest absolute Gasteiger partial charge is 0.360 e. The van der Waals surface area contributed by atoms with Crippen molar-refractivity contribution in [3.05, 3.63) is 76.2 Å². The molecule has 0 unspecified atom stereocenters. The van der Waals surface area contributed by atoms with E-state index in [0.717, 1.165) is 11.1 Å². The fourth-order valence-corrected chi connectivity index (χ4v) is 1.98. The highest BCUT2D eigenvalue weighted by Gasteiger charge is 2.04. The van der Waals surface area contributed by atoms with Crippen molar-refractivity contribution < 1.29 is 9.18 Å². The lowest BCUT2D eigenvalue weighted by atomic mass is 10.0. The third kappa shape index (κ3) is 3.92. The quantitative estimate of drug-likeness (QED) is 0.642. The van der Waals surface area contributed by atoms with Crippen LogP contribution >= 0.6 is 11.6 Å². The van der Waals surface area contributed by atoms with E-state index in [1.165, 1.54) is 30.5 Å². The van der Waals surface area contributed by atoms with Crippen molar-refractivity contribution in [3.8, 4) is 0 Å². The van der Waals surface area contributed by atoms with Crippen LogP contribution in [0.4, 0.5) is 10.1 Å². The summed E-state index contributed by atoms with van der Waals surface area (Å²) in [6.07, 6.45) is 2.85. The molecule has 0 bridgehead atoms. The molecule has 0 aromatic heterocycles. The summed E-state index contributed by atoms with van der Waals surface area (Å²) in [7, 11) is 0. The molecular formula is C17H15ClFNO. The normalized spacial score (nSPS) is 10.9. The number of aryl methyl sites for hydroxylation is 2. The first kappa shape index (κ1) is 15.3. The lowest BCUT2D eigenvalue weighted by molar-refractivity contribution is 0.104. The Balaban J connectivity index is 2.08. The van der Waals surface area contributed by atoms with Crippen LogP contribution < -0.4 is 5.32 Å². The van der Waals surface area contributed by atoms with Gasteiger partial charge in [-0.25, -0.2) is 4.39 Å². The van der Waals surface area contributed by atoms with Crippen molar-refractivity contribution >= 4 is 23.1 Å². The molecule has 2 aromatic carbocycles. The van der Waals surface area contributed by atoms with Gasteiger partial charge >= 0.3 is 0 Å². The van der Waals surface area contributed by atoms with Gasteiger partial charge in [-0.2, -0.15) is 0 Å². The van der Waals surface area contributed by atoms with E-state index in [9.17, 15) is 9.18 Å². The summed E-state index contributed by atoms with van der Waals surface area (Å²) in [4.78, 5) is 12.0. The molecule has 0 fully saturated rings. The van der Waals surface area contributed by atoms with Gasteiger partial charge in [-0.3, -0.25) is 4.79 Å². The summed E-state index contributed by atoms with van der Waals surface area (Å²) in [5.41, 5.74) is 3.23. The zero-order valence-electron chi connectivity index (χ0n) is 11.8. The third-order valence-electron chi connectivity index (χ3n) is 3.19. The van der Waals surface area contributed by atoms with Gasteiger partial charge in [0.05, 0.1) is 10.7 Å². The van der Waals surface area contributed by atoms with Crippen LogP contribution in [0.15, 0.2) is 48.7 Å². The van der Waals surface area contributed by atoms with E-state index < -0.39 is 5.82 Å². The number of anilines is 1. The first-order valence-electron chi connectivity index (χ1n) is 6.47. The van der Waals surface area contributed by atoms with Gasteiger partial charge in [-0.15, -0.1) is 0 Å². The Hall–Kier alpha value is -2.13. The van der Waals surface area contributed by atoms with Gasteiger partial charge in [-0.1, -0.05) is 23.7 Å². The predicted octanol–water partition coefficient (Wildman–Crippen LogP) is 4.90. The number of nitrogens with one attached hydrogen (secondary N) is 1. The minimum absolute atomic E-state index is 0.127. The lowest BCUT2D eigenvalue weighted by Gasteiger charge is -2.04. The second kappa shape index (κ2) is 6.55. The first-order valence-corrected chi connectivity index (χ1v) is 6.85. The number of halogens is 2. The van der Waals surface area contributed by atoms with Crippen LogP contribution in [-0.4, -0.2) is 5.78 Å². The van der Waals surface area contributed by atoms with Crippen LogP contribution in [-0.2, 0) is 0 Å². The van der Waals surface area contributed by atoms with Crippen molar-refractivity contribution in [2.24, 2.45) is 0 Å². The zero-order valence-corrected chi connectivity index (χ0v) is 12.5. The van der Waals surface area contributed by atoms with Crippen LogP contribution in [0.1, 0.15) is 21.5 Å². The van der Waals surface area contributed by atoms with E-state index in [-0.39, 0.29) is 5.78 Å². The van der Waals surface area contributed by atoms with Crippen LogP contribution in [0.5, 0.6) is 0 Å². The maximum Gasteiger partial charge on any atom is 0.187 e. The highest BCUT2D eigenvalue weighted by Crippen LogP contribution is 2.22. The number of benzene rings is 2. The van der Waals surface area contributed by atoms with Crippen molar-refractivity contribution in [1.29, 1.82) is 0 Å². The van der Waals surface area contributed by atoms with Gasteiger partial charge in [0.15, 0.2) is 5.78 Å². The SMILES string of the molecule is Cc1ccc(C(=O)/C=C/Nc2cc(F)ccc2Cl)cc1C. The van der Waals surface area contributed by atoms with E-state index in [1.807, 2.05) is 26.0 Å². The monoisotopic (exact) mass is 303 g/mol. The highest BCUT2D eigenvalue weighted by molar-refractivity contribution is 6.33. The van der Waals surface area contributed by atoms with Crippen LogP contribution in [0.3, 0.4) is 0 Å². The van der Waals surface area contributed by atoms with E-state index in [4.69, 9.17) is 11.6 Å². The van der Waals surface area contributed by atoms with Gasteiger partial charge in [0.25, 0.3) is 0 Å². The summed E-state index contributed by atoms with van der Waals surface area (Å²) in [6.45, 7) is 3.95. The minimum atomic E-state index is -0.393. The molecule has 4 heteroatoms. The van der Waals surface area contributed by atoms with E-state index in [2.05, 4.69) is 5.32 Å². The fourth-order valence-electron chi connectivity index (χ4n) is 1.81. The molecule has 0 aliphatic heterocycles. The van der Waals surface area contributed by atoms with Crippen molar-refractivity contribution in [3.63, 3.8) is 0 Å². The molecule has 21 heavy (non-hydrogen) atoms. The molecule has 2 aromatic rings. The average Bonchev–Trinajstić information content (AvgIpc) is 2.45. The second-order valence-corrected chi connectivity index (χ2v) is 5.17. The number of allylic oxidation sites excluding steroid dienone is 1. The number of rotatable bonds is 4. The molecule has 2 rings (SSSR count). The molecule has 0 spiro atoms. The maximum absolute atomic E-state index is 13.1. The number of carbonyl (C=O) groups is 1. The number of ketones is 1. The molecular weight excluding hydrogens is 289 g/mol. The van der Waals surface area contributed by atoms with Gasteiger partial charge < -0.3 is 5.32 Å². The summed E-state index contributed by atoms with van der Waals surface area (Å²) in [5, 5.41) is 3.20. The lowest BCUT2D eigenvalue weighted by Crippen LogP contribution is -1.98. The maximum atomic E-state index is 13.1. The van der Waals surface area contributed by atoms with Gasteiger partial charge in [0.2, 0.25) is 0 Å². The number of hydrogen-bond acceptors (Lipinski definition) is 2. The summed E-state index contributed by atoms with van der Waals surface area (Å²) < 4.78 is 13.1. The van der Waals surface area contributed by atoms with E-state index in [1.54, 1.807) is 6.07 Å². The molecule has 108 valence electrons. The Morgan fingerprint density at radius 2 is 1.90 bits per heavy atom. The van der Waals surface area contributed by atoms with E-state index >= 15 is 0 Å². The predicted molar refractivity (Wildman–Crippen MR) is 84.4 cm³/mol. The molecule has 0 radical (unpaired) electrons. The average molecular weight is 304 g/mol. The summed E-state index contributed by atoms with van der Waals surface area (Å²) >= 11 is 5.92. The molecule has 0 aliphatic rings. The Morgan fingerprint density at radius 3 is 2.62 bits per heavy atom. The van der Waals surface area contributed by atoms with Gasteiger partial charge in [-0.05, 0) is 49.2 Å². The number of carbonyl (C=O) groups excluding carboxylic acids is 1. The van der Waals surface area contributed by atoms with Crippen LogP contribution in [0.2, 0.25) is 5.02 Å². The Bertz CT molecular complexity index is 710. The highest BCUT2D eigenvalue weighted by atomic mass is 35.5. The van der Waals surface area contributed by atoms with Crippen molar-refractivity contribution in [1.82, 2.24) is 0 Å². The minimum Gasteiger partial charge on any atom is -0.360 e. The van der Waals surface area contributed by atoms with Gasteiger partial charge in [0, 0.05) is 17.8 Å². The molecule has 0 atom stereocenters. The van der Waals surface area contributed by atoms with Crippen molar-refractivity contribution in [2.45, 2.75) is 13.8 Å². The molecule has 0 amide bonds. The topological polar surface area (TPSA) is 29.1 Å². The van der Waals surface area contributed by atoms with Crippen LogP contribution in [0, 0.1) is 19.7 Å². The Labute approximate surface area is 128 Å². The summed E-state index contributed by atoms with van der Waals surface area (Å²) in [5.74, 6) is -0.520. The molecule has 0 saturated heterocycles. The summed E-state index contributed by atoms with van der Waals surface area (Å²) in [6, 6.07) is 9.54. The molecule has 1 N–H and O–H groups in total.